The van der Waals surface area contributed by atoms with Gasteiger partial charge in [0.2, 0.25) is 0 Å². The summed E-state index contributed by atoms with van der Waals surface area (Å²) in [5, 5.41) is 20.8. The van der Waals surface area contributed by atoms with Crippen LogP contribution in [-0.2, 0) is 16.1 Å². The zero-order valence-corrected chi connectivity index (χ0v) is 10.9. The molecule has 5 nitrogen and oxygen atoms in total. The van der Waals surface area contributed by atoms with Crippen LogP contribution >= 0.6 is 0 Å². The molecule has 0 fully saturated rings. The molecule has 104 valence electrons. The van der Waals surface area contributed by atoms with E-state index in [1.807, 2.05) is 18.2 Å². The number of fused-ring (bicyclic) bond motifs is 2. The molecule has 0 bridgehead atoms. The summed E-state index contributed by atoms with van der Waals surface area (Å²) in [5.74, 6) is -0.240. The monoisotopic (exact) mass is 274 g/mol. The van der Waals surface area contributed by atoms with E-state index in [1.54, 1.807) is 13.2 Å². The summed E-state index contributed by atoms with van der Waals surface area (Å²) in [5.41, 5.74) is 1.26. The Morgan fingerprint density at radius 3 is 2.75 bits per heavy atom. The molecule has 2 aromatic rings. The highest BCUT2D eigenvalue weighted by atomic mass is 16.5. The van der Waals surface area contributed by atoms with Crippen LogP contribution in [0.4, 0.5) is 0 Å². The number of benzene rings is 2. The predicted octanol–water partition coefficient (Wildman–Crippen LogP) is 2.60. The molecule has 20 heavy (non-hydrogen) atoms. The number of ether oxygens (including phenoxy) is 2. The smallest absolute Gasteiger partial charge is 0.306 e. The molecule has 0 radical (unpaired) electrons. The molecule has 3 rings (SSSR count). The summed E-state index contributed by atoms with van der Waals surface area (Å²) in [6.07, 6.45) is -0.816. The third kappa shape index (κ3) is 1.78. The van der Waals surface area contributed by atoms with E-state index in [4.69, 9.17) is 14.6 Å². The molecule has 0 saturated heterocycles. The van der Waals surface area contributed by atoms with Crippen molar-refractivity contribution in [2.24, 2.45) is 0 Å². The summed E-state index contributed by atoms with van der Waals surface area (Å²) in [7, 11) is 1.56. The van der Waals surface area contributed by atoms with Crippen molar-refractivity contribution in [3.63, 3.8) is 0 Å². The van der Waals surface area contributed by atoms with Gasteiger partial charge in [-0.2, -0.15) is 0 Å². The quantitative estimate of drug-likeness (QED) is 0.899. The fraction of sp³-hybridized carbons (Fsp3) is 0.267. The lowest BCUT2D eigenvalue weighted by atomic mass is 9.95. The van der Waals surface area contributed by atoms with Crippen LogP contribution in [0.1, 0.15) is 23.7 Å². The number of hydrogen-bond donors (Lipinski definition) is 2. The van der Waals surface area contributed by atoms with Crippen LogP contribution in [0.3, 0.4) is 0 Å². The minimum absolute atomic E-state index is 0.0835. The molecule has 0 spiro atoms. The number of aliphatic carboxylic acids is 1. The largest absolute Gasteiger partial charge is 0.507 e. The first-order chi connectivity index (χ1) is 9.63. The second-order valence-electron chi connectivity index (χ2n) is 4.72. The van der Waals surface area contributed by atoms with Crippen molar-refractivity contribution >= 4 is 16.7 Å². The van der Waals surface area contributed by atoms with Gasteiger partial charge >= 0.3 is 5.97 Å². The number of carboxylic acid groups (broad SMARTS) is 1. The average molecular weight is 274 g/mol. The Morgan fingerprint density at radius 1 is 1.40 bits per heavy atom. The summed E-state index contributed by atoms with van der Waals surface area (Å²) in [6.45, 7) is 0.245. The summed E-state index contributed by atoms with van der Waals surface area (Å²) in [6, 6.07) is 7.32. The molecule has 1 heterocycles. The molecule has 1 aliphatic heterocycles. The minimum Gasteiger partial charge on any atom is -0.507 e. The number of rotatable bonds is 3. The van der Waals surface area contributed by atoms with Gasteiger partial charge in [-0.1, -0.05) is 24.3 Å². The van der Waals surface area contributed by atoms with Crippen molar-refractivity contribution < 1.29 is 24.5 Å². The van der Waals surface area contributed by atoms with Gasteiger partial charge in [0.05, 0.1) is 26.2 Å². The fourth-order valence-corrected chi connectivity index (χ4v) is 2.77. The molecule has 2 N–H and O–H groups in total. The second kappa shape index (κ2) is 4.68. The highest BCUT2D eigenvalue weighted by molar-refractivity contribution is 5.96. The summed E-state index contributed by atoms with van der Waals surface area (Å²) >= 11 is 0. The third-order valence-corrected chi connectivity index (χ3v) is 3.60. The van der Waals surface area contributed by atoms with E-state index in [9.17, 15) is 9.90 Å². The fourth-order valence-electron chi connectivity index (χ4n) is 2.77. The molecule has 2 aromatic carbocycles. The molecule has 1 unspecified atom stereocenters. The normalized spacial score (nSPS) is 17.1. The second-order valence-corrected chi connectivity index (χ2v) is 4.72. The first-order valence-corrected chi connectivity index (χ1v) is 6.27. The van der Waals surface area contributed by atoms with E-state index < -0.39 is 12.1 Å². The van der Waals surface area contributed by atoms with Crippen LogP contribution in [-0.4, -0.2) is 23.3 Å². The van der Waals surface area contributed by atoms with Gasteiger partial charge in [-0.15, -0.1) is 0 Å². The van der Waals surface area contributed by atoms with Crippen LogP contribution in [0.15, 0.2) is 24.3 Å². The molecule has 0 aliphatic carbocycles. The van der Waals surface area contributed by atoms with Gasteiger partial charge in [-0.05, 0) is 0 Å². The van der Waals surface area contributed by atoms with Gasteiger partial charge in [0, 0.05) is 21.9 Å². The highest BCUT2D eigenvalue weighted by Gasteiger charge is 2.33. The van der Waals surface area contributed by atoms with Gasteiger partial charge in [-0.25, -0.2) is 0 Å². The topological polar surface area (TPSA) is 76.0 Å². The zero-order valence-electron chi connectivity index (χ0n) is 10.9. The number of hydrogen-bond acceptors (Lipinski definition) is 4. The van der Waals surface area contributed by atoms with Gasteiger partial charge in [-0.3, -0.25) is 4.79 Å². The number of carboxylic acids is 1. The maximum atomic E-state index is 10.9. The lowest BCUT2D eigenvalue weighted by Crippen LogP contribution is -2.05. The van der Waals surface area contributed by atoms with E-state index in [0.717, 1.165) is 10.9 Å². The van der Waals surface area contributed by atoms with Gasteiger partial charge in [0.15, 0.2) is 0 Å². The molecule has 1 aliphatic rings. The maximum Gasteiger partial charge on any atom is 0.306 e. The Hall–Kier alpha value is -2.27. The summed E-state index contributed by atoms with van der Waals surface area (Å²) in [4.78, 5) is 10.9. The lowest BCUT2D eigenvalue weighted by molar-refractivity contribution is -0.140. The van der Waals surface area contributed by atoms with E-state index in [-0.39, 0.29) is 18.8 Å². The third-order valence-electron chi connectivity index (χ3n) is 3.60. The van der Waals surface area contributed by atoms with Crippen LogP contribution in [0, 0.1) is 0 Å². The number of methoxy groups -OCH3 is 1. The Kier molecular flexibility index (Phi) is 2.99. The van der Waals surface area contributed by atoms with Crippen molar-refractivity contribution in [3.8, 4) is 11.5 Å². The molecule has 0 aromatic heterocycles. The average Bonchev–Trinajstić information content (AvgIpc) is 2.83. The van der Waals surface area contributed by atoms with E-state index in [2.05, 4.69) is 0 Å². The molecule has 1 atom stereocenters. The van der Waals surface area contributed by atoms with Crippen molar-refractivity contribution in [1.29, 1.82) is 0 Å². The van der Waals surface area contributed by atoms with Gasteiger partial charge in [0.25, 0.3) is 0 Å². The standard InChI is InChI=1S/C15H14O5/c1-19-15-9-5-3-2-4-8(9)14(18)13-10(15)7-20-11(13)6-12(16)17/h2-5,11,18H,6-7H2,1H3,(H,16,17). The molecule has 0 amide bonds. The van der Waals surface area contributed by atoms with Crippen molar-refractivity contribution in [3.05, 3.63) is 35.4 Å². The minimum atomic E-state index is -0.964. The molecule has 0 saturated carbocycles. The van der Waals surface area contributed by atoms with Crippen LogP contribution in [0.25, 0.3) is 10.8 Å². The Balaban J connectivity index is 2.28. The number of phenols is 1. The predicted molar refractivity (Wildman–Crippen MR) is 71.9 cm³/mol. The van der Waals surface area contributed by atoms with E-state index in [1.165, 1.54) is 0 Å². The Bertz CT molecular complexity index is 692. The Labute approximate surface area is 115 Å². The summed E-state index contributed by atoms with van der Waals surface area (Å²) < 4.78 is 10.9. The maximum absolute atomic E-state index is 10.9. The van der Waals surface area contributed by atoms with Gasteiger partial charge in [0.1, 0.15) is 11.5 Å². The number of phenolic OH excluding ortho intramolecular Hbond substituents is 1. The van der Waals surface area contributed by atoms with E-state index in [0.29, 0.717) is 16.7 Å². The molecular weight excluding hydrogens is 260 g/mol. The SMILES string of the molecule is COc1c2c(c(O)c3ccccc13)C(CC(=O)O)OC2. The van der Waals surface area contributed by atoms with Crippen molar-refractivity contribution in [2.45, 2.75) is 19.1 Å². The van der Waals surface area contributed by atoms with Crippen molar-refractivity contribution in [2.75, 3.05) is 7.11 Å². The number of carbonyl (C=O) groups is 1. The Morgan fingerprint density at radius 2 is 2.10 bits per heavy atom. The first kappa shape index (κ1) is 12.7. The van der Waals surface area contributed by atoms with Crippen LogP contribution < -0.4 is 4.74 Å². The van der Waals surface area contributed by atoms with Crippen LogP contribution in [0.5, 0.6) is 11.5 Å². The highest BCUT2D eigenvalue weighted by Crippen LogP contribution is 2.48. The van der Waals surface area contributed by atoms with Gasteiger partial charge < -0.3 is 19.7 Å². The lowest BCUT2D eigenvalue weighted by Gasteiger charge is -2.15. The number of aromatic hydroxyl groups is 1. The first-order valence-electron chi connectivity index (χ1n) is 6.27. The van der Waals surface area contributed by atoms with Crippen LogP contribution in [0.2, 0.25) is 0 Å². The zero-order chi connectivity index (χ0) is 14.3. The molecular formula is C15H14O5. The van der Waals surface area contributed by atoms with Crippen molar-refractivity contribution in [1.82, 2.24) is 0 Å². The van der Waals surface area contributed by atoms with E-state index >= 15 is 0 Å². The molecule has 5 heteroatoms.